The maximum absolute atomic E-state index is 4.44. The van der Waals surface area contributed by atoms with E-state index in [9.17, 15) is 0 Å². The van der Waals surface area contributed by atoms with Crippen LogP contribution in [0.15, 0.2) is 12.4 Å². The lowest BCUT2D eigenvalue weighted by Gasteiger charge is -2.44. The van der Waals surface area contributed by atoms with Gasteiger partial charge in [-0.05, 0) is 58.8 Å². The second-order valence-electron chi connectivity index (χ2n) is 6.62. The number of likely N-dealkylation sites (N-methyl/N-ethyl adjacent to an activating group) is 1. The van der Waals surface area contributed by atoms with Gasteiger partial charge < -0.3 is 10.2 Å². The molecular weight excluding hydrogens is 260 g/mol. The van der Waals surface area contributed by atoms with Gasteiger partial charge in [-0.3, -0.25) is 4.68 Å². The molecule has 2 rings (SSSR count). The van der Waals surface area contributed by atoms with Crippen LogP contribution in [0.5, 0.6) is 0 Å². The Morgan fingerprint density at radius 1 is 1.33 bits per heavy atom. The summed E-state index contributed by atoms with van der Waals surface area (Å²) in [5, 5.41) is 8.27. The minimum absolute atomic E-state index is 0.309. The van der Waals surface area contributed by atoms with E-state index >= 15 is 0 Å². The van der Waals surface area contributed by atoms with Crippen LogP contribution in [0.2, 0.25) is 0 Å². The standard InChI is InChI=1S/C17H32N4/c1-5-11-18-16(12-15-13-19-21(6-2)14-15)17(20(3)4)9-7-8-10-17/h13-14,16,18H,5-12H2,1-4H3. The largest absolute Gasteiger partial charge is 0.312 e. The van der Waals surface area contributed by atoms with Crippen molar-refractivity contribution < 1.29 is 0 Å². The Labute approximate surface area is 129 Å². The molecule has 1 aliphatic rings. The van der Waals surface area contributed by atoms with Crippen LogP contribution >= 0.6 is 0 Å². The second-order valence-corrected chi connectivity index (χ2v) is 6.62. The quantitative estimate of drug-likeness (QED) is 0.800. The molecule has 4 nitrogen and oxygen atoms in total. The molecule has 0 bridgehead atoms. The fourth-order valence-electron chi connectivity index (χ4n) is 3.79. The Hall–Kier alpha value is -0.870. The van der Waals surface area contributed by atoms with Crippen molar-refractivity contribution in [2.24, 2.45) is 0 Å². The Morgan fingerprint density at radius 2 is 2.05 bits per heavy atom. The molecule has 0 aliphatic heterocycles. The van der Waals surface area contributed by atoms with Crippen molar-refractivity contribution in [2.45, 2.75) is 70.5 Å². The molecule has 1 atom stereocenters. The van der Waals surface area contributed by atoms with Crippen molar-refractivity contribution in [2.75, 3.05) is 20.6 Å². The molecule has 1 N–H and O–H groups in total. The smallest absolute Gasteiger partial charge is 0.0522 e. The maximum atomic E-state index is 4.44. The number of rotatable bonds is 8. The van der Waals surface area contributed by atoms with E-state index in [1.807, 2.05) is 10.9 Å². The van der Waals surface area contributed by atoms with Gasteiger partial charge in [-0.2, -0.15) is 5.10 Å². The Kier molecular flexibility index (Phi) is 5.82. The fraction of sp³-hybridized carbons (Fsp3) is 0.824. The van der Waals surface area contributed by atoms with E-state index < -0.39 is 0 Å². The zero-order chi connectivity index (χ0) is 15.3. The van der Waals surface area contributed by atoms with E-state index in [1.165, 1.54) is 37.7 Å². The molecule has 0 radical (unpaired) electrons. The highest BCUT2D eigenvalue weighted by Gasteiger charge is 2.42. The number of nitrogens with one attached hydrogen (secondary N) is 1. The van der Waals surface area contributed by atoms with Crippen molar-refractivity contribution in [3.05, 3.63) is 18.0 Å². The third kappa shape index (κ3) is 3.67. The molecule has 1 saturated carbocycles. The van der Waals surface area contributed by atoms with E-state index in [2.05, 4.69) is 49.5 Å². The van der Waals surface area contributed by atoms with Crippen LogP contribution in [0, 0.1) is 0 Å². The maximum Gasteiger partial charge on any atom is 0.0522 e. The number of aryl methyl sites for hydroxylation is 1. The van der Waals surface area contributed by atoms with E-state index in [0.717, 1.165) is 19.5 Å². The first-order chi connectivity index (χ1) is 10.1. The van der Waals surface area contributed by atoms with Gasteiger partial charge in [-0.25, -0.2) is 0 Å². The molecule has 4 heteroatoms. The van der Waals surface area contributed by atoms with Crippen LogP contribution in [0.25, 0.3) is 0 Å². The molecule has 0 saturated heterocycles. The lowest BCUT2D eigenvalue weighted by molar-refractivity contribution is 0.104. The summed E-state index contributed by atoms with van der Waals surface area (Å²) in [7, 11) is 4.50. The molecular formula is C17H32N4. The van der Waals surface area contributed by atoms with Gasteiger partial charge in [0, 0.05) is 24.3 Å². The number of nitrogens with zero attached hydrogens (tertiary/aromatic N) is 3. The monoisotopic (exact) mass is 292 g/mol. The first-order valence-electron chi connectivity index (χ1n) is 8.54. The topological polar surface area (TPSA) is 33.1 Å². The lowest BCUT2D eigenvalue weighted by Crippen LogP contribution is -2.58. The zero-order valence-electron chi connectivity index (χ0n) is 14.2. The van der Waals surface area contributed by atoms with Crippen LogP contribution in [-0.4, -0.2) is 46.9 Å². The first kappa shape index (κ1) is 16.5. The summed E-state index contributed by atoms with van der Waals surface area (Å²) in [5.41, 5.74) is 1.67. The van der Waals surface area contributed by atoms with E-state index in [-0.39, 0.29) is 0 Å². The first-order valence-corrected chi connectivity index (χ1v) is 8.54. The minimum Gasteiger partial charge on any atom is -0.312 e. The summed E-state index contributed by atoms with van der Waals surface area (Å²) in [5.74, 6) is 0. The molecule has 21 heavy (non-hydrogen) atoms. The highest BCUT2D eigenvalue weighted by Crippen LogP contribution is 2.37. The van der Waals surface area contributed by atoms with Gasteiger partial charge >= 0.3 is 0 Å². The van der Waals surface area contributed by atoms with E-state index in [0.29, 0.717) is 11.6 Å². The molecule has 120 valence electrons. The van der Waals surface area contributed by atoms with Gasteiger partial charge in [0.1, 0.15) is 0 Å². The summed E-state index contributed by atoms with van der Waals surface area (Å²) < 4.78 is 2.03. The van der Waals surface area contributed by atoms with Crippen LogP contribution in [-0.2, 0) is 13.0 Å². The van der Waals surface area contributed by atoms with Gasteiger partial charge in [0.05, 0.1) is 6.20 Å². The minimum atomic E-state index is 0.309. The molecule has 1 aliphatic carbocycles. The molecule has 0 aromatic carbocycles. The van der Waals surface area contributed by atoms with Crippen molar-refractivity contribution in [1.29, 1.82) is 0 Å². The van der Waals surface area contributed by atoms with E-state index in [4.69, 9.17) is 0 Å². The highest BCUT2D eigenvalue weighted by atomic mass is 15.3. The number of hydrogen-bond donors (Lipinski definition) is 1. The molecule has 1 unspecified atom stereocenters. The van der Waals surface area contributed by atoms with Crippen molar-refractivity contribution in [1.82, 2.24) is 20.0 Å². The highest BCUT2D eigenvalue weighted by molar-refractivity contribution is 5.12. The van der Waals surface area contributed by atoms with E-state index in [1.54, 1.807) is 0 Å². The third-order valence-electron chi connectivity index (χ3n) is 5.10. The number of hydrogen-bond acceptors (Lipinski definition) is 3. The summed E-state index contributed by atoms with van der Waals surface area (Å²) in [6.07, 6.45) is 11.9. The number of aromatic nitrogens is 2. The molecule has 1 aromatic rings. The molecule has 1 fully saturated rings. The van der Waals surface area contributed by atoms with Gasteiger partial charge in [0.25, 0.3) is 0 Å². The third-order valence-corrected chi connectivity index (χ3v) is 5.10. The Morgan fingerprint density at radius 3 is 2.57 bits per heavy atom. The van der Waals surface area contributed by atoms with Gasteiger partial charge in [0.2, 0.25) is 0 Å². The SMILES string of the molecule is CCCNC(Cc1cnn(CC)c1)C1(N(C)C)CCCC1. The van der Waals surface area contributed by atoms with Crippen molar-refractivity contribution >= 4 is 0 Å². The summed E-state index contributed by atoms with van der Waals surface area (Å²) in [4.78, 5) is 2.47. The Bertz CT molecular complexity index is 418. The van der Waals surface area contributed by atoms with Gasteiger partial charge in [-0.15, -0.1) is 0 Å². The second kappa shape index (κ2) is 7.41. The van der Waals surface area contributed by atoms with Crippen LogP contribution in [0.3, 0.4) is 0 Å². The molecule has 1 heterocycles. The molecule has 0 spiro atoms. The average molecular weight is 292 g/mol. The normalized spacial score (nSPS) is 19.3. The summed E-state index contributed by atoms with van der Waals surface area (Å²) >= 11 is 0. The predicted octanol–water partition coefficient (Wildman–Crippen LogP) is 2.69. The lowest BCUT2D eigenvalue weighted by atomic mass is 9.83. The Balaban J connectivity index is 2.16. The van der Waals surface area contributed by atoms with Crippen LogP contribution in [0.1, 0.15) is 51.5 Å². The fourth-order valence-corrected chi connectivity index (χ4v) is 3.79. The zero-order valence-corrected chi connectivity index (χ0v) is 14.2. The molecule has 0 amide bonds. The summed E-state index contributed by atoms with van der Waals surface area (Å²) in [6.45, 7) is 6.44. The van der Waals surface area contributed by atoms with Crippen molar-refractivity contribution in [3.63, 3.8) is 0 Å². The average Bonchev–Trinajstić information content (AvgIpc) is 3.12. The summed E-state index contributed by atoms with van der Waals surface area (Å²) in [6, 6.07) is 0.518. The van der Waals surface area contributed by atoms with Crippen molar-refractivity contribution in [3.8, 4) is 0 Å². The van der Waals surface area contributed by atoms with Gasteiger partial charge in [-0.1, -0.05) is 19.8 Å². The van der Waals surface area contributed by atoms with Gasteiger partial charge in [0.15, 0.2) is 0 Å². The predicted molar refractivity (Wildman–Crippen MR) is 88.6 cm³/mol. The van der Waals surface area contributed by atoms with Crippen LogP contribution in [0.4, 0.5) is 0 Å². The van der Waals surface area contributed by atoms with Crippen LogP contribution < -0.4 is 5.32 Å². The molecule has 1 aromatic heterocycles.